The van der Waals surface area contributed by atoms with E-state index in [9.17, 15) is 14.9 Å². The van der Waals surface area contributed by atoms with Gasteiger partial charge in [-0.3, -0.25) is 9.36 Å². The summed E-state index contributed by atoms with van der Waals surface area (Å²) in [4.78, 5) is 33.7. The average Bonchev–Trinajstić information content (AvgIpc) is 3.49. The molecule has 2 N–H and O–H groups in total. The third-order valence-electron chi connectivity index (χ3n) is 8.99. The molecule has 8 nitrogen and oxygen atoms in total. The Kier molecular flexibility index (Phi) is 8.04. The Hall–Kier alpha value is -2.92. The molecule has 1 aromatic heterocycles. The predicted octanol–water partition coefficient (Wildman–Crippen LogP) is 4.59. The molecule has 0 bridgehead atoms. The molecule has 2 saturated carbocycles. The second-order valence-electron chi connectivity index (χ2n) is 12.1. The lowest BCUT2D eigenvalue weighted by molar-refractivity contribution is -0.123. The highest BCUT2D eigenvalue weighted by molar-refractivity contribution is 5.92. The van der Waals surface area contributed by atoms with Crippen LogP contribution >= 0.6 is 0 Å². The Labute approximate surface area is 225 Å². The van der Waals surface area contributed by atoms with Crippen molar-refractivity contribution in [3.63, 3.8) is 0 Å². The van der Waals surface area contributed by atoms with Gasteiger partial charge in [0.2, 0.25) is 5.91 Å². The summed E-state index contributed by atoms with van der Waals surface area (Å²) in [7, 11) is 0. The van der Waals surface area contributed by atoms with Gasteiger partial charge in [-0.2, -0.15) is 10.2 Å². The molecule has 1 aliphatic heterocycles. The van der Waals surface area contributed by atoms with Crippen LogP contribution < -0.4 is 16.3 Å². The van der Waals surface area contributed by atoms with Gasteiger partial charge in [-0.1, -0.05) is 25.5 Å². The number of aryl methyl sites for hydroxylation is 1. The summed E-state index contributed by atoms with van der Waals surface area (Å²) >= 11 is 0. The van der Waals surface area contributed by atoms with Crippen molar-refractivity contribution in [2.24, 2.45) is 5.41 Å². The zero-order valence-electron chi connectivity index (χ0n) is 22.8. The van der Waals surface area contributed by atoms with Crippen molar-refractivity contribution in [2.45, 2.75) is 102 Å². The molecular weight excluding hydrogens is 476 g/mol. The first-order valence-electron chi connectivity index (χ1n) is 14.6. The molecule has 1 saturated heterocycles. The van der Waals surface area contributed by atoms with Gasteiger partial charge in [0.1, 0.15) is 17.4 Å². The molecule has 2 aromatic rings. The lowest BCUT2D eigenvalue weighted by atomic mass is 9.96. The van der Waals surface area contributed by atoms with Gasteiger partial charge in [-0.15, -0.1) is 0 Å². The first-order valence-corrected chi connectivity index (χ1v) is 14.6. The summed E-state index contributed by atoms with van der Waals surface area (Å²) in [6.45, 7) is 6.16. The first-order chi connectivity index (χ1) is 18.4. The van der Waals surface area contributed by atoms with Crippen LogP contribution in [-0.4, -0.2) is 51.6 Å². The lowest BCUT2D eigenvalue weighted by Gasteiger charge is -2.27. The maximum absolute atomic E-state index is 13.5. The van der Waals surface area contributed by atoms with E-state index < -0.39 is 11.6 Å². The van der Waals surface area contributed by atoms with Gasteiger partial charge in [-0.25, -0.2) is 4.79 Å². The number of benzene rings is 1. The van der Waals surface area contributed by atoms with Crippen LogP contribution in [0.25, 0.3) is 10.9 Å². The van der Waals surface area contributed by atoms with E-state index >= 15 is 0 Å². The van der Waals surface area contributed by atoms with Crippen LogP contribution in [0.4, 0.5) is 5.82 Å². The third kappa shape index (κ3) is 6.20. The van der Waals surface area contributed by atoms with Crippen LogP contribution in [0.1, 0.15) is 84.0 Å². The molecule has 1 amide bonds. The van der Waals surface area contributed by atoms with E-state index in [0.29, 0.717) is 31.6 Å². The van der Waals surface area contributed by atoms with Gasteiger partial charge >= 0.3 is 5.69 Å². The lowest BCUT2D eigenvalue weighted by Crippen LogP contribution is -2.51. The summed E-state index contributed by atoms with van der Waals surface area (Å²) in [5.74, 6) is 0.283. The minimum absolute atomic E-state index is 0.172. The molecule has 8 heteroatoms. The van der Waals surface area contributed by atoms with E-state index in [4.69, 9.17) is 0 Å². The average molecular weight is 519 g/mol. The van der Waals surface area contributed by atoms with Gasteiger partial charge in [0.15, 0.2) is 0 Å². The number of para-hydroxylation sites is 1. The number of fused-ring (bicyclic) bond motifs is 1. The fourth-order valence-corrected chi connectivity index (χ4v) is 6.15. The number of nitrogens with zero attached hydrogens (tertiary/aromatic N) is 4. The molecule has 2 heterocycles. The highest BCUT2D eigenvalue weighted by atomic mass is 16.2. The first kappa shape index (κ1) is 26.7. The number of likely N-dealkylation sites (tertiary alicyclic amines) is 1. The number of hydrogen-bond acceptors (Lipinski definition) is 6. The van der Waals surface area contributed by atoms with Gasteiger partial charge in [-0.05, 0) is 108 Å². The van der Waals surface area contributed by atoms with E-state index in [2.05, 4.69) is 33.5 Å². The normalized spacial score (nSPS) is 21.1. The Morgan fingerprint density at radius 3 is 2.53 bits per heavy atom. The molecule has 0 unspecified atom stereocenters. The van der Waals surface area contributed by atoms with Crippen LogP contribution in [0.15, 0.2) is 29.1 Å². The minimum Gasteiger partial charge on any atom is -0.358 e. The second kappa shape index (κ2) is 11.4. The minimum atomic E-state index is -0.784. The highest BCUT2D eigenvalue weighted by Gasteiger charge is 2.40. The maximum Gasteiger partial charge on any atom is 0.350 e. The van der Waals surface area contributed by atoms with E-state index in [0.717, 1.165) is 56.2 Å². The summed E-state index contributed by atoms with van der Waals surface area (Å²) in [6.07, 6.45) is 11.9. The van der Waals surface area contributed by atoms with Crippen molar-refractivity contribution in [3.05, 3.63) is 34.7 Å². The van der Waals surface area contributed by atoms with Crippen LogP contribution in [0.5, 0.6) is 0 Å². The monoisotopic (exact) mass is 518 g/mol. The van der Waals surface area contributed by atoms with Gasteiger partial charge in [0, 0.05) is 11.9 Å². The number of carbonyl (C=O) groups excluding carboxylic acids is 1. The third-order valence-corrected chi connectivity index (χ3v) is 8.99. The van der Waals surface area contributed by atoms with Crippen molar-refractivity contribution in [2.75, 3.05) is 25.0 Å². The zero-order valence-corrected chi connectivity index (χ0v) is 22.8. The number of aromatic nitrogens is 2. The van der Waals surface area contributed by atoms with E-state index in [1.165, 1.54) is 32.1 Å². The van der Waals surface area contributed by atoms with Crippen molar-refractivity contribution in [3.8, 4) is 6.07 Å². The SMILES string of the molecule is CC1(CC[C@H](Nc2nc(=O)n(CCCN3CCCCC3)c3ccccc23)C(=O)NC2(C#N)CCCC2)CC1. The Bertz CT molecular complexity index is 1230. The number of amides is 1. The summed E-state index contributed by atoms with van der Waals surface area (Å²) in [5, 5.41) is 17.1. The van der Waals surface area contributed by atoms with Crippen LogP contribution in [0.2, 0.25) is 0 Å². The smallest absolute Gasteiger partial charge is 0.350 e. The Morgan fingerprint density at radius 1 is 1.08 bits per heavy atom. The van der Waals surface area contributed by atoms with Gasteiger partial charge in [0.05, 0.1) is 11.6 Å². The zero-order chi connectivity index (χ0) is 26.6. The standard InChI is InChI=1S/C30H42N6O2/c1-29(16-17-29)15-12-24(27(37)34-30(22-31)13-5-6-14-30)32-26-23-10-3-4-11-25(23)36(28(38)33-26)21-9-20-35-18-7-2-8-19-35/h3-4,10-11,24H,2,5-9,12-21H2,1H3,(H,34,37)(H,32,33,38)/t24-/m0/s1. The van der Waals surface area contributed by atoms with Crippen molar-refractivity contribution in [1.82, 2.24) is 19.8 Å². The molecule has 204 valence electrons. The van der Waals surface area contributed by atoms with Gasteiger partial charge < -0.3 is 15.5 Å². The quantitative estimate of drug-likeness (QED) is 0.451. The number of anilines is 1. The predicted molar refractivity (Wildman–Crippen MR) is 150 cm³/mol. The number of nitrogens with one attached hydrogen (secondary N) is 2. The van der Waals surface area contributed by atoms with E-state index in [1.54, 1.807) is 4.57 Å². The number of hydrogen-bond donors (Lipinski definition) is 2. The Morgan fingerprint density at radius 2 is 1.82 bits per heavy atom. The van der Waals surface area contributed by atoms with Crippen molar-refractivity contribution >= 4 is 22.6 Å². The maximum atomic E-state index is 13.5. The molecule has 0 spiro atoms. The van der Waals surface area contributed by atoms with Crippen LogP contribution in [-0.2, 0) is 11.3 Å². The molecular formula is C30H42N6O2. The van der Waals surface area contributed by atoms with Gasteiger partial charge in [0.25, 0.3) is 0 Å². The highest BCUT2D eigenvalue weighted by Crippen LogP contribution is 2.49. The molecule has 5 rings (SSSR count). The molecule has 38 heavy (non-hydrogen) atoms. The number of piperidine rings is 1. The topological polar surface area (TPSA) is 103 Å². The number of rotatable bonds is 11. The number of carbonyl (C=O) groups is 1. The van der Waals surface area contributed by atoms with Crippen LogP contribution in [0, 0.1) is 16.7 Å². The molecule has 2 aliphatic carbocycles. The fraction of sp³-hybridized carbons (Fsp3) is 0.667. The summed E-state index contributed by atoms with van der Waals surface area (Å²) in [5.41, 5.74) is 0.0512. The molecule has 0 radical (unpaired) electrons. The molecule has 3 aliphatic rings. The molecule has 1 atom stereocenters. The van der Waals surface area contributed by atoms with Crippen molar-refractivity contribution in [1.29, 1.82) is 5.26 Å². The molecule has 3 fully saturated rings. The summed E-state index contributed by atoms with van der Waals surface area (Å²) < 4.78 is 1.77. The van der Waals surface area contributed by atoms with Crippen molar-refractivity contribution < 1.29 is 4.79 Å². The van der Waals surface area contributed by atoms with Crippen LogP contribution in [0.3, 0.4) is 0 Å². The largest absolute Gasteiger partial charge is 0.358 e. The van der Waals surface area contributed by atoms with E-state index in [-0.39, 0.29) is 17.0 Å². The van der Waals surface area contributed by atoms with E-state index in [1.807, 2.05) is 24.3 Å². The Balaban J connectivity index is 1.36. The summed E-state index contributed by atoms with van der Waals surface area (Å²) in [6, 6.07) is 9.64. The fourth-order valence-electron chi connectivity index (χ4n) is 6.15. The molecule has 1 aromatic carbocycles. The second-order valence-corrected chi connectivity index (χ2v) is 12.1. The number of nitriles is 1.